The summed E-state index contributed by atoms with van der Waals surface area (Å²) in [5, 5.41) is 0. The molecule has 1 aromatic heterocycles. The number of likely N-dealkylation sites (tertiary alicyclic amines) is 1. The third-order valence-electron chi connectivity index (χ3n) is 5.84. The first-order valence-corrected chi connectivity index (χ1v) is 9.16. The Balaban J connectivity index is 1.63. The van der Waals surface area contributed by atoms with Gasteiger partial charge in [0.05, 0.1) is 0 Å². The molecule has 3 heterocycles. The van der Waals surface area contributed by atoms with Crippen LogP contribution in [0.15, 0.2) is 24.5 Å². The Bertz CT molecular complexity index is 540. The predicted octanol–water partition coefficient (Wildman–Crippen LogP) is 1.64. The fourth-order valence-corrected chi connectivity index (χ4v) is 4.03. The zero-order valence-corrected chi connectivity index (χ0v) is 15.1. The van der Waals surface area contributed by atoms with Crippen LogP contribution in [0.25, 0.3) is 0 Å². The molecular formula is C19H30N4O. The third-order valence-corrected chi connectivity index (χ3v) is 5.84. The summed E-state index contributed by atoms with van der Waals surface area (Å²) in [6.07, 6.45) is 8.41. The zero-order valence-electron chi connectivity index (χ0n) is 15.1. The molecule has 2 aliphatic rings. The Hall–Kier alpha value is -1.46. The Morgan fingerprint density at radius 3 is 2.71 bits per heavy atom. The van der Waals surface area contributed by atoms with Gasteiger partial charge in [-0.2, -0.15) is 0 Å². The largest absolute Gasteiger partial charge is 0.341 e. The van der Waals surface area contributed by atoms with Crippen LogP contribution < -0.4 is 0 Å². The maximum atomic E-state index is 12.8. The van der Waals surface area contributed by atoms with E-state index in [1.165, 1.54) is 0 Å². The Morgan fingerprint density at radius 1 is 1.21 bits per heavy atom. The molecule has 0 aliphatic carbocycles. The summed E-state index contributed by atoms with van der Waals surface area (Å²) in [6, 6.07) is 3.99. The summed E-state index contributed by atoms with van der Waals surface area (Å²) >= 11 is 0. The van der Waals surface area contributed by atoms with Crippen molar-refractivity contribution in [2.24, 2.45) is 0 Å². The number of hydrogen-bond donors (Lipinski definition) is 0. The molecule has 0 unspecified atom stereocenters. The molecule has 0 bridgehead atoms. The fraction of sp³-hybridized carbons (Fsp3) is 0.684. The molecular weight excluding hydrogens is 300 g/mol. The first-order chi connectivity index (χ1) is 11.6. The average molecular weight is 330 g/mol. The molecule has 0 aromatic carbocycles. The van der Waals surface area contributed by atoms with Gasteiger partial charge in [-0.25, -0.2) is 0 Å². The molecule has 2 saturated heterocycles. The molecule has 0 saturated carbocycles. The van der Waals surface area contributed by atoms with Gasteiger partial charge in [0.2, 0.25) is 5.91 Å². The van der Waals surface area contributed by atoms with Crippen LogP contribution >= 0.6 is 0 Å². The van der Waals surface area contributed by atoms with Crippen LogP contribution in [0, 0.1) is 0 Å². The van der Waals surface area contributed by atoms with E-state index in [1.807, 2.05) is 12.3 Å². The van der Waals surface area contributed by atoms with Gasteiger partial charge in [0, 0.05) is 44.0 Å². The number of amides is 1. The van der Waals surface area contributed by atoms with Crippen molar-refractivity contribution in [3.05, 3.63) is 30.1 Å². The molecule has 0 atom stereocenters. The number of rotatable bonds is 3. The van der Waals surface area contributed by atoms with Crippen molar-refractivity contribution in [3.8, 4) is 0 Å². The van der Waals surface area contributed by atoms with Gasteiger partial charge in [0.25, 0.3) is 0 Å². The van der Waals surface area contributed by atoms with Gasteiger partial charge in [-0.15, -0.1) is 0 Å². The monoisotopic (exact) mass is 330 g/mol. The molecule has 5 heteroatoms. The number of likely N-dealkylation sites (N-methyl/N-ethyl adjacent to an activating group) is 1. The minimum absolute atomic E-state index is 0.174. The van der Waals surface area contributed by atoms with Crippen molar-refractivity contribution >= 4 is 5.91 Å². The number of piperidine rings is 1. The smallest absolute Gasteiger partial charge is 0.222 e. The van der Waals surface area contributed by atoms with Gasteiger partial charge in [0.1, 0.15) is 0 Å². The molecule has 0 N–H and O–H groups in total. The summed E-state index contributed by atoms with van der Waals surface area (Å²) in [5.41, 5.74) is 1.32. The van der Waals surface area contributed by atoms with Crippen molar-refractivity contribution in [2.45, 2.75) is 37.6 Å². The molecule has 1 spiro atoms. The van der Waals surface area contributed by atoms with Crippen LogP contribution in [0.4, 0.5) is 0 Å². The third kappa shape index (κ3) is 3.95. The van der Waals surface area contributed by atoms with Crippen molar-refractivity contribution in [3.63, 3.8) is 0 Å². The Kier molecular flexibility index (Phi) is 5.51. The summed E-state index contributed by atoms with van der Waals surface area (Å²) in [7, 11) is 4.44. The highest BCUT2D eigenvalue weighted by atomic mass is 16.2. The number of carbonyl (C=O) groups excluding carboxylic acids is 1. The molecule has 0 radical (unpaired) electrons. The van der Waals surface area contributed by atoms with Crippen LogP contribution in [0.1, 0.15) is 31.2 Å². The van der Waals surface area contributed by atoms with E-state index in [1.54, 1.807) is 6.20 Å². The zero-order chi connectivity index (χ0) is 17.0. The maximum Gasteiger partial charge on any atom is 0.222 e. The maximum absolute atomic E-state index is 12.8. The second-order valence-corrected chi connectivity index (χ2v) is 7.48. The number of hydrogen-bond acceptors (Lipinski definition) is 4. The first kappa shape index (κ1) is 17.4. The second kappa shape index (κ2) is 7.62. The summed E-state index contributed by atoms with van der Waals surface area (Å²) in [5.74, 6) is 0.299. The number of aromatic nitrogens is 1. The molecule has 3 rings (SSSR count). The highest BCUT2D eigenvalue weighted by molar-refractivity contribution is 5.76. The molecule has 5 nitrogen and oxygen atoms in total. The summed E-state index contributed by atoms with van der Waals surface area (Å²) in [6.45, 7) is 5.14. The second-order valence-electron chi connectivity index (χ2n) is 7.48. The van der Waals surface area contributed by atoms with Gasteiger partial charge in [-0.05, 0) is 64.5 Å². The average Bonchev–Trinajstić information content (AvgIpc) is 2.76. The Labute approximate surface area is 145 Å². The minimum Gasteiger partial charge on any atom is -0.341 e. The molecule has 1 amide bonds. The van der Waals surface area contributed by atoms with Crippen LogP contribution in [0.5, 0.6) is 0 Å². The van der Waals surface area contributed by atoms with E-state index in [0.717, 1.165) is 64.0 Å². The standard InChI is InChI=1S/C19H30N4O/c1-21-13-8-19(9-14-21)16-23(12-4-11-22(19)2)18(24)7-6-17-5-3-10-20-15-17/h3,5,10,15H,4,6-9,11-14,16H2,1-2H3. The van der Waals surface area contributed by atoms with E-state index in [9.17, 15) is 4.79 Å². The molecule has 2 aliphatic heterocycles. The van der Waals surface area contributed by atoms with Crippen LogP contribution in [-0.4, -0.2) is 77.9 Å². The highest BCUT2D eigenvalue weighted by Gasteiger charge is 2.41. The molecule has 24 heavy (non-hydrogen) atoms. The van der Waals surface area contributed by atoms with Gasteiger partial charge < -0.3 is 9.80 Å². The Morgan fingerprint density at radius 2 is 2.00 bits per heavy atom. The molecule has 132 valence electrons. The van der Waals surface area contributed by atoms with E-state index in [-0.39, 0.29) is 5.54 Å². The van der Waals surface area contributed by atoms with Gasteiger partial charge in [-0.1, -0.05) is 6.07 Å². The molecule has 2 fully saturated rings. The quantitative estimate of drug-likeness (QED) is 0.845. The van der Waals surface area contributed by atoms with E-state index in [0.29, 0.717) is 12.3 Å². The van der Waals surface area contributed by atoms with Crippen molar-refractivity contribution in [1.29, 1.82) is 0 Å². The summed E-state index contributed by atoms with van der Waals surface area (Å²) < 4.78 is 0. The number of pyridine rings is 1. The normalized spacial score (nSPS) is 22.5. The predicted molar refractivity (Wildman–Crippen MR) is 95.8 cm³/mol. The lowest BCUT2D eigenvalue weighted by Crippen LogP contribution is -2.58. The SMILES string of the molecule is CN1CCC2(CC1)CN(C(=O)CCc1cccnc1)CCCN2C. The van der Waals surface area contributed by atoms with Crippen molar-refractivity contribution in [1.82, 2.24) is 19.7 Å². The topological polar surface area (TPSA) is 39.7 Å². The van der Waals surface area contributed by atoms with Crippen LogP contribution in [0.2, 0.25) is 0 Å². The van der Waals surface area contributed by atoms with E-state index >= 15 is 0 Å². The van der Waals surface area contributed by atoms with Gasteiger partial charge in [0.15, 0.2) is 0 Å². The number of nitrogens with zero attached hydrogens (tertiary/aromatic N) is 4. The van der Waals surface area contributed by atoms with Gasteiger partial charge >= 0.3 is 0 Å². The highest BCUT2D eigenvalue weighted by Crippen LogP contribution is 2.31. The van der Waals surface area contributed by atoms with Crippen molar-refractivity contribution < 1.29 is 4.79 Å². The molecule has 1 aromatic rings. The lowest BCUT2D eigenvalue weighted by atomic mass is 9.85. The fourth-order valence-electron chi connectivity index (χ4n) is 4.03. The lowest BCUT2D eigenvalue weighted by molar-refractivity contribution is -0.132. The van der Waals surface area contributed by atoms with Crippen LogP contribution in [0.3, 0.4) is 0 Å². The summed E-state index contributed by atoms with van der Waals surface area (Å²) in [4.78, 5) is 24.0. The van der Waals surface area contributed by atoms with E-state index in [2.05, 4.69) is 39.8 Å². The lowest BCUT2D eigenvalue weighted by Gasteiger charge is -2.47. The van der Waals surface area contributed by atoms with E-state index < -0.39 is 0 Å². The van der Waals surface area contributed by atoms with Crippen molar-refractivity contribution in [2.75, 3.05) is 46.8 Å². The number of aryl methyl sites for hydroxylation is 1. The van der Waals surface area contributed by atoms with Crippen LogP contribution in [-0.2, 0) is 11.2 Å². The minimum atomic E-state index is 0.174. The first-order valence-electron chi connectivity index (χ1n) is 9.16. The number of carbonyl (C=O) groups is 1. The van der Waals surface area contributed by atoms with Gasteiger partial charge in [-0.3, -0.25) is 14.7 Å². The van der Waals surface area contributed by atoms with E-state index in [4.69, 9.17) is 0 Å².